The molecule has 0 heterocycles. The van der Waals surface area contributed by atoms with Gasteiger partial charge in [0.15, 0.2) is 0 Å². The molecule has 0 fully saturated rings. The molecule has 0 saturated heterocycles. The van der Waals surface area contributed by atoms with Crippen LogP contribution in [0.15, 0.2) is 78.9 Å². The minimum Gasteiger partial charge on any atom is -0.377 e. The molecule has 3 aromatic rings. The Morgan fingerprint density at radius 1 is 0.667 bits per heavy atom. The summed E-state index contributed by atoms with van der Waals surface area (Å²) in [6.45, 7) is 5.51. The lowest BCUT2D eigenvalue weighted by molar-refractivity contribution is 0.134. The van der Waals surface area contributed by atoms with Crippen LogP contribution < -0.4 is 0 Å². The van der Waals surface area contributed by atoms with Crippen molar-refractivity contribution in [3.05, 3.63) is 101 Å². The number of hydrogen-bond acceptors (Lipinski definition) is 1. The molecule has 0 aliphatic carbocycles. The van der Waals surface area contributed by atoms with Gasteiger partial charge in [-0.25, -0.2) is 0 Å². The maximum absolute atomic E-state index is 5.46. The predicted octanol–water partition coefficient (Wildman–Crippen LogP) is 6.71. The van der Waals surface area contributed by atoms with E-state index in [2.05, 4.69) is 84.9 Å². The Kier molecular flexibility index (Phi) is 7.01. The first-order valence-corrected chi connectivity index (χ1v) is 9.76. The quantitative estimate of drug-likeness (QED) is 0.436. The molecule has 138 valence electrons. The summed E-state index contributed by atoms with van der Waals surface area (Å²) in [4.78, 5) is 0. The molecule has 0 radical (unpaired) electrons. The number of aryl methyl sites for hydroxylation is 2. The smallest absolute Gasteiger partial charge is 0.0716 e. The third-order valence-electron chi connectivity index (χ3n) is 4.76. The highest BCUT2D eigenvalue weighted by Crippen LogP contribution is 2.21. The molecule has 0 atom stereocenters. The van der Waals surface area contributed by atoms with Gasteiger partial charge in [0.2, 0.25) is 0 Å². The fourth-order valence-electron chi connectivity index (χ4n) is 3.15. The third-order valence-corrected chi connectivity index (χ3v) is 4.76. The summed E-state index contributed by atoms with van der Waals surface area (Å²) in [5, 5.41) is 0. The molecule has 0 aromatic heterocycles. The van der Waals surface area contributed by atoms with Crippen molar-refractivity contribution in [3.8, 4) is 11.1 Å². The first-order valence-electron chi connectivity index (χ1n) is 9.76. The molecule has 27 heavy (non-hydrogen) atoms. The third kappa shape index (κ3) is 5.67. The highest BCUT2D eigenvalue weighted by molar-refractivity contribution is 5.64. The molecule has 0 N–H and O–H groups in total. The van der Waals surface area contributed by atoms with Crippen molar-refractivity contribution in [2.24, 2.45) is 0 Å². The zero-order valence-corrected chi connectivity index (χ0v) is 16.3. The topological polar surface area (TPSA) is 9.23 Å². The van der Waals surface area contributed by atoms with Gasteiger partial charge in [-0.1, -0.05) is 84.9 Å². The zero-order valence-electron chi connectivity index (χ0n) is 16.3. The van der Waals surface area contributed by atoms with Crippen molar-refractivity contribution in [1.29, 1.82) is 0 Å². The van der Waals surface area contributed by atoms with E-state index in [0.29, 0.717) is 6.61 Å². The standard InChI is InChI=1S/C26H28O/c1-3-5-21-6-8-22(9-7-21)10-11-23-12-16-25(17-13-23)26-18-14-24(15-19-26)20-27-4-2/h3,5-9,12-19H,4,10-11,20H2,1-2H3/b5-3-. The Morgan fingerprint density at radius 2 is 1.15 bits per heavy atom. The average molecular weight is 357 g/mol. The van der Waals surface area contributed by atoms with E-state index < -0.39 is 0 Å². The molecule has 0 spiro atoms. The fourth-order valence-corrected chi connectivity index (χ4v) is 3.15. The highest BCUT2D eigenvalue weighted by Gasteiger charge is 2.01. The Labute approximate surface area is 163 Å². The van der Waals surface area contributed by atoms with Gasteiger partial charge in [0, 0.05) is 6.61 Å². The molecule has 0 amide bonds. The maximum atomic E-state index is 5.46. The van der Waals surface area contributed by atoms with Crippen molar-refractivity contribution in [2.75, 3.05) is 6.61 Å². The highest BCUT2D eigenvalue weighted by atomic mass is 16.5. The summed E-state index contributed by atoms with van der Waals surface area (Å²) in [5.41, 5.74) is 7.76. The summed E-state index contributed by atoms with van der Waals surface area (Å²) < 4.78 is 5.46. The first kappa shape index (κ1) is 19.1. The molecular formula is C26H28O. The Bertz CT molecular complexity index is 840. The largest absolute Gasteiger partial charge is 0.377 e. The minimum absolute atomic E-state index is 0.686. The molecule has 0 bridgehead atoms. The Hall–Kier alpha value is -2.64. The summed E-state index contributed by atoms with van der Waals surface area (Å²) in [6.07, 6.45) is 6.34. The van der Waals surface area contributed by atoms with E-state index in [1.54, 1.807) is 0 Å². The second kappa shape index (κ2) is 9.89. The van der Waals surface area contributed by atoms with Crippen molar-refractivity contribution in [1.82, 2.24) is 0 Å². The first-order chi connectivity index (χ1) is 13.3. The number of ether oxygens (including phenoxy) is 1. The van der Waals surface area contributed by atoms with Crippen LogP contribution in [0.5, 0.6) is 0 Å². The normalized spacial score (nSPS) is 11.2. The molecular weight excluding hydrogens is 328 g/mol. The summed E-state index contributed by atoms with van der Waals surface area (Å²) in [6, 6.07) is 26.4. The van der Waals surface area contributed by atoms with Crippen LogP contribution in [0.25, 0.3) is 17.2 Å². The molecule has 3 rings (SSSR count). The van der Waals surface area contributed by atoms with Gasteiger partial charge in [0.25, 0.3) is 0 Å². The van der Waals surface area contributed by atoms with Gasteiger partial charge in [-0.05, 0) is 60.1 Å². The van der Waals surface area contributed by atoms with Crippen LogP contribution in [0, 0.1) is 0 Å². The van der Waals surface area contributed by atoms with Gasteiger partial charge in [-0.15, -0.1) is 0 Å². The van der Waals surface area contributed by atoms with Crippen LogP contribution in [0.2, 0.25) is 0 Å². The second-order valence-electron chi connectivity index (χ2n) is 6.77. The van der Waals surface area contributed by atoms with E-state index >= 15 is 0 Å². The van der Waals surface area contributed by atoms with E-state index in [4.69, 9.17) is 4.74 Å². The SMILES string of the molecule is C/C=C\c1ccc(CCc2ccc(-c3ccc(COCC)cc3)cc2)cc1. The minimum atomic E-state index is 0.686. The lowest BCUT2D eigenvalue weighted by Crippen LogP contribution is -1.92. The summed E-state index contributed by atoms with van der Waals surface area (Å²) in [7, 11) is 0. The number of hydrogen-bond donors (Lipinski definition) is 0. The molecule has 0 saturated carbocycles. The molecule has 1 heteroatoms. The molecule has 1 nitrogen and oxygen atoms in total. The zero-order chi connectivity index (χ0) is 18.9. The van der Waals surface area contributed by atoms with E-state index in [9.17, 15) is 0 Å². The van der Waals surface area contributed by atoms with Gasteiger partial charge < -0.3 is 4.74 Å². The fraction of sp³-hybridized carbons (Fsp3) is 0.231. The average Bonchev–Trinajstić information content (AvgIpc) is 2.73. The summed E-state index contributed by atoms with van der Waals surface area (Å²) >= 11 is 0. The van der Waals surface area contributed by atoms with Gasteiger partial charge in [-0.3, -0.25) is 0 Å². The van der Waals surface area contributed by atoms with Crippen LogP contribution >= 0.6 is 0 Å². The van der Waals surface area contributed by atoms with Gasteiger partial charge in [0.1, 0.15) is 0 Å². The van der Waals surface area contributed by atoms with E-state index in [1.165, 1.54) is 33.4 Å². The van der Waals surface area contributed by atoms with Gasteiger partial charge in [-0.2, -0.15) is 0 Å². The molecule has 0 unspecified atom stereocenters. The van der Waals surface area contributed by atoms with E-state index in [0.717, 1.165) is 19.4 Å². The molecule has 0 aliphatic heterocycles. The van der Waals surface area contributed by atoms with Crippen molar-refractivity contribution < 1.29 is 4.74 Å². The van der Waals surface area contributed by atoms with Crippen LogP contribution in [0.3, 0.4) is 0 Å². The predicted molar refractivity (Wildman–Crippen MR) is 116 cm³/mol. The van der Waals surface area contributed by atoms with Crippen LogP contribution in [0.4, 0.5) is 0 Å². The van der Waals surface area contributed by atoms with Crippen LogP contribution in [-0.2, 0) is 24.2 Å². The van der Waals surface area contributed by atoms with Crippen molar-refractivity contribution in [3.63, 3.8) is 0 Å². The second-order valence-corrected chi connectivity index (χ2v) is 6.77. The van der Waals surface area contributed by atoms with Gasteiger partial charge >= 0.3 is 0 Å². The van der Waals surface area contributed by atoms with Crippen LogP contribution in [-0.4, -0.2) is 6.61 Å². The lowest BCUT2D eigenvalue weighted by Gasteiger charge is -2.07. The van der Waals surface area contributed by atoms with Crippen LogP contribution in [0.1, 0.15) is 36.1 Å². The van der Waals surface area contributed by atoms with Crippen molar-refractivity contribution >= 4 is 6.08 Å². The molecule has 3 aromatic carbocycles. The Morgan fingerprint density at radius 3 is 1.63 bits per heavy atom. The molecule has 0 aliphatic rings. The van der Waals surface area contributed by atoms with E-state index in [-0.39, 0.29) is 0 Å². The maximum Gasteiger partial charge on any atom is 0.0716 e. The van der Waals surface area contributed by atoms with E-state index in [1.807, 2.05) is 13.8 Å². The number of allylic oxidation sites excluding steroid dienone is 1. The van der Waals surface area contributed by atoms with Crippen molar-refractivity contribution in [2.45, 2.75) is 33.3 Å². The number of rotatable bonds is 8. The Balaban J connectivity index is 1.58. The number of benzene rings is 3. The lowest BCUT2D eigenvalue weighted by atomic mass is 9.99. The van der Waals surface area contributed by atoms with Gasteiger partial charge in [0.05, 0.1) is 6.61 Å². The summed E-state index contributed by atoms with van der Waals surface area (Å²) in [5.74, 6) is 0. The monoisotopic (exact) mass is 356 g/mol.